The van der Waals surface area contributed by atoms with Crippen LogP contribution in [0.5, 0.6) is 0 Å². The van der Waals surface area contributed by atoms with Gasteiger partial charge < -0.3 is 9.88 Å². The number of amides is 1. The second kappa shape index (κ2) is 8.34. The van der Waals surface area contributed by atoms with Crippen molar-refractivity contribution in [3.63, 3.8) is 0 Å². The van der Waals surface area contributed by atoms with E-state index in [9.17, 15) is 19.7 Å². The molecular formula is C15H15BrN4O4. The van der Waals surface area contributed by atoms with Gasteiger partial charge in [0.2, 0.25) is 0 Å². The van der Waals surface area contributed by atoms with Gasteiger partial charge in [-0.3, -0.25) is 24.7 Å². The summed E-state index contributed by atoms with van der Waals surface area (Å²) in [4.78, 5) is 37.6. The van der Waals surface area contributed by atoms with Gasteiger partial charge in [-0.15, -0.1) is 0 Å². The Kier molecular flexibility index (Phi) is 6.19. The average Bonchev–Trinajstić information content (AvgIpc) is 2.55. The van der Waals surface area contributed by atoms with Crippen LogP contribution in [0.15, 0.2) is 46.1 Å². The van der Waals surface area contributed by atoms with Crippen molar-refractivity contribution in [3.8, 4) is 0 Å². The summed E-state index contributed by atoms with van der Waals surface area (Å²) in [6, 6.07) is 4.04. The summed E-state index contributed by atoms with van der Waals surface area (Å²) in [7, 11) is 0. The minimum Gasteiger partial charge on any atom is -0.352 e. The lowest BCUT2D eigenvalue weighted by atomic mass is 10.2. The minimum absolute atomic E-state index is 0.120. The van der Waals surface area contributed by atoms with Gasteiger partial charge in [-0.2, -0.15) is 0 Å². The smallest absolute Gasteiger partial charge is 0.285 e. The molecule has 0 aliphatic heterocycles. The molecule has 0 aliphatic carbocycles. The van der Waals surface area contributed by atoms with Crippen LogP contribution in [-0.2, 0) is 6.54 Å². The van der Waals surface area contributed by atoms with Crippen LogP contribution in [0, 0.1) is 10.1 Å². The van der Waals surface area contributed by atoms with E-state index >= 15 is 0 Å². The van der Waals surface area contributed by atoms with E-state index in [0.717, 1.165) is 4.47 Å². The Morgan fingerprint density at radius 2 is 2.12 bits per heavy atom. The third kappa shape index (κ3) is 4.98. The number of halogens is 1. The lowest BCUT2D eigenvalue weighted by Crippen LogP contribution is -2.25. The summed E-state index contributed by atoms with van der Waals surface area (Å²) in [5, 5.41) is 13.5. The van der Waals surface area contributed by atoms with Crippen molar-refractivity contribution in [1.82, 2.24) is 14.9 Å². The van der Waals surface area contributed by atoms with E-state index in [0.29, 0.717) is 31.5 Å². The Balaban J connectivity index is 1.79. The summed E-state index contributed by atoms with van der Waals surface area (Å²) >= 11 is 3.25. The molecule has 0 spiro atoms. The molecule has 0 radical (unpaired) electrons. The molecule has 0 unspecified atom stereocenters. The Bertz CT molecular complexity index is 806. The normalized spacial score (nSPS) is 10.4. The number of pyridine rings is 2. The average molecular weight is 395 g/mol. The monoisotopic (exact) mass is 394 g/mol. The van der Waals surface area contributed by atoms with Crippen molar-refractivity contribution in [2.45, 2.75) is 19.4 Å². The molecule has 0 atom stereocenters. The first kappa shape index (κ1) is 17.8. The van der Waals surface area contributed by atoms with Crippen molar-refractivity contribution in [2.24, 2.45) is 0 Å². The molecule has 0 aliphatic rings. The fourth-order valence-electron chi connectivity index (χ4n) is 2.05. The summed E-state index contributed by atoms with van der Waals surface area (Å²) in [5.41, 5.74) is 0.0502. The molecule has 2 rings (SSSR count). The van der Waals surface area contributed by atoms with Crippen LogP contribution in [0.3, 0.4) is 0 Å². The maximum Gasteiger partial charge on any atom is 0.285 e. The molecule has 8 nitrogen and oxygen atoms in total. The van der Waals surface area contributed by atoms with Gasteiger partial charge in [-0.05, 0) is 34.8 Å². The molecule has 1 N–H and O–H groups in total. The second-order valence-corrected chi connectivity index (χ2v) is 5.95. The zero-order valence-corrected chi connectivity index (χ0v) is 14.2. The molecule has 0 bridgehead atoms. The number of carbonyl (C=O) groups excluding carboxylic acids is 1. The first-order valence-corrected chi connectivity index (χ1v) is 8.00. The fraction of sp³-hybridized carbons (Fsp3) is 0.267. The number of unbranched alkanes of at least 4 members (excludes halogenated alkanes) is 1. The molecule has 126 valence electrons. The summed E-state index contributed by atoms with van der Waals surface area (Å²) in [6.07, 6.45) is 5.55. The van der Waals surface area contributed by atoms with E-state index < -0.39 is 4.92 Å². The van der Waals surface area contributed by atoms with Crippen molar-refractivity contribution >= 4 is 27.5 Å². The topological polar surface area (TPSA) is 107 Å². The van der Waals surface area contributed by atoms with Crippen molar-refractivity contribution < 1.29 is 9.72 Å². The Morgan fingerprint density at radius 1 is 1.33 bits per heavy atom. The maximum absolute atomic E-state index is 11.9. The van der Waals surface area contributed by atoms with Crippen LogP contribution >= 0.6 is 15.9 Å². The number of nitro groups is 1. The predicted molar refractivity (Wildman–Crippen MR) is 90.9 cm³/mol. The molecule has 2 aromatic heterocycles. The molecule has 0 aromatic carbocycles. The minimum atomic E-state index is -0.539. The fourth-order valence-corrected chi connectivity index (χ4v) is 2.41. The second-order valence-electron chi connectivity index (χ2n) is 5.03. The van der Waals surface area contributed by atoms with Gasteiger partial charge in [0.25, 0.3) is 17.2 Å². The number of nitrogens with one attached hydrogen (secondary N) is 1. The van der Waals surface area contributed by atoms with Crippen molar-refractivity contribution in [1.29, 1.82) is 0 Å². The van der Waals surface area contributed by atoms with Gasteiger partial charge in [0.1, 0.15) is 0 Å². The molecule has 1 amide bonds. The third-order valence-electron chi connectivity index (χ3n) is 3.26. The highest BCUT2D eigenvalue weighted by atomic mass is 79.9. The molecule has 2 aromatic rings. The standard InChI is InChI=1S/C15H15BrN4O4/c16-12-7-11(8-17-9-12)15(22)18-5-1-2-6-19-10-13(20(23)24)3-4-14(19)21/h3-4,7-10H,1-2,5-6H2,(H,18,22). The summed E-state index contributed by atoms with van der Waals surface area (Å²) < 4.78 is 2.03. The van der Waals surface area contributed by atoms with E-state index in [4.69, 9.17) is 0 Å². The van der Waals surface area contributed by atoms with Crippen LogP contribution < -0.4 is 10.9 Å². The number of aromatic nitrogens is 2. The lowest BCUT2D eigenvalue weighted by Gasteiger charge is -2.07. The first-order valence-electron chi connectivity index (χ1n) is 7.21. The Morgan fingerprint density at radius 3 is 2.83 bits per heavy atom. The lowest BCUT2D eigenvalue weighted by molar-refractivity contribution is -0.385. The molecule has 0 saturated carbocycles. The van der Waals surface area contributed by atoms with Crippen LogP contribution in [0.25, 0.3) is 0 Å². The van der Waals surface area contributed by atoms with E-state index in [1.807, 2.05) is 0 Å². The van der Waals surface area contributed by atoms with Gasteiger partial charge in [0.15, 0.2) is 0 Å². The van der Waals surface area contributed by atoms with Gasteiger partial charge in [0, 0.05) is 42.1 Å². The predicted octanol–water partition coefficient (Wildman–Crippen LogP) is 2.12. The highest BCUT2D eigenvalue weighted by Crippen LogP contribution is 2.09. The summed E-state index contributed by atoms with van der Waals surface area (Å²) in [6.45, 7) is 0.795. The quantitative estimate of drug-likeness (QED) is 0.439. The zero-order valence-electron chi connectivity index (χ0n) is 12.6. The molecule has 0 saturated heterocycles. The van der Waals surface area contributed by atoms with Crippen molar-refractivity contribution in [2.75, 3.05) is 6.54 Å². The van der Waals surface area contributed by atoms with E-state index in [1.165, 1.54) is 29.1 Å². The number of rotatable bonds is 7. The van der Waals surface area contributed by atoms with Crippen LogP contribution in [0.4, 0.5) is 5.69 Å². The summed E-state index contributed by atoms with van der Waals surface area (Å²) in [5.74, 6) is -0.226. The number of carbonyl (C=O) groups is 1. The third-order valence-corrected chi connectivity index (χ3v) is 3.69. The Labute approximate surface area is 145 Å². The Hall–Kier alpha value is -2.55. The van der Waals surface area contributed by atoms with Gasteiger partial charge in [-0.1, -0.05) is 0 Å². The first-order chi connectivity index (χ1) is 11.5. The molecule has 24 heavy (non-hydrogen) atoms. The SMILES string of the molecule is O=C(NCCCCn1cc([N+](=O)[O-])ccc1=O)c1cncc(Br)c1. The van der Waals surface area contributed by atoms with Crippen LogP contribution in [0.2, 0.25) is 0 Å². The highest BCUT2D eigenvalue weighted by molar-refractivity contribution is 9.10. The van der Waals surface area contributed by atoms with Crippen LogP contribution in [-0.4, -0.2) is 26.9 Å². The van der Waals surface area contributed by atoms with Crippen molar-refractivity contribution in [3.05, 3.63) is 67.3 Å². The number of hydrogen-bond donors (Lipinski definition) is 1. The molecule has 2 heterocycles. The van der Waals surface area contributed by atoms with E-state index in [2.05, 4.69) is 26.2 Å². The number of hydrogen-bond acceptors (Lipinski definition) is 5. The molecule has 0 fully saturated rings. The number of nitrogens with zero attached hydrogens (tertiary/aromatic N) is 3. The maximum atomic E-state index is 11.9. The van der Waals surface area contributed by atoms with E-state index in [1.54, 1.807) is 12.3 Å². The zero-order chi connectivity index (χ0) is 17.5. The van der Waals surface area contributed by atoms with Gasteiger partial charge >= 0.3 is 0 Å². The highest BCUT2D eigenvalue weighted by Gasteiger charge is 2.08. The molecule has 9 heteroatoms. The van der Waals surface area contributed by atoms with Gasteiger partial charge in [-0.25, -0.2) is 0 Å². The van der Waals surface area contributed by atoms with E-state index in [-0.39, 0.29) is 17.2 Å². The van der Waals surface area contributed by atoms with Gasteiger partial charge in [0.05, 0.1) is 16.7 Å². The largest absolute Gasteiger partial charge is 0.352 e. The molecular weight excluding hydrogens is 380 g/mol. The van der Waals surface area contributed by atoms with Crippen LogP contribution in [0.1, 0.15) is 23.2 Å². The number of aryl methyl sites for hydroxylation is 1.